The molecule has 5 nitrogen and oxygen atoms in total. The van der Waals surface area contributed by atoms with Crippen LogP contribution in [0.3, 0.4) is 0 Å². The normalized spacial score (nSPS) is 19.3. The van der Waals surface area contributed by atoms with Crippen LogP contribution in [0.15, 0.2) is 33.6 Å². The summed E-state index contributed by atoms with van der Waals surface area (Å²) in [6.07, 6.45) is 2.11. The molecule has 1 N–H and O–H groups in total. The van der Waals surface area contributed by atoms with Gasteiger partial charge in [0.25, 0.3) is 0 Å². The summed E-state index contributed by atoms with van der Waals surface area (Å²) in [6, 6.07) is 6.97. The summed E-state index contributed by atoms with van der Waals surface area (Å²) in [6.45, 7) is 2.21. The number of ether oxygens (including phenoxy) is 1. The third-order valence-corrected chi connectivity index (χ3v) is 5.99. The quantitative estimate of drug-likeness (QED) is 0.788. The second-order valence-electron chi connectivity index (χ2n) is 5.10. The molecule has 118 valence electrons. The molecule has 1 aliphatic heterocycles. The van der Waals surface area contributed by atoms with Crippen LogP contribution < -0.4 is 5.32 Å². The van der Waals surface area contributed by atoms with Gasteiger partial charge in [-0.2, -0.15) is 4.31 Å². The maximum Gasteiger partial charge on any atom is 0.243 e. The Morgan fingerprint density at radius 1 is 1.38 bits per heavy atom. The fourth-order valence-corrected chi connectivity index (χ4v) is 4.15. The van der Waals surface area contributed by atoms with Crippen molar-refractivity contribution >= 4 is 26.0 Å². The van der Waals surface area contributed by atoms with Gasteiger partial charge in [-0.15, -0.1) is 0 Å². The summed E-state index contributed by atoms with van der Waals surface area (Å²) in [7, 11) is -1.90. The van der Waals surface area contributed by atoms with Crippen molar-refractivity contribution in [2.24, 2.45) is 0 Å². The van der Waals surface area contributed by atoms with Crippen molar-refractivity contribution in [3.05, 3.63) is 28.7 Å². The lowest BCUT2D eigenvalue weighted by molar-refractivity contribution is 0.176. The summed E-state index contributed by atoms with van der Waals surface area (Å²) in [5, 5.41) is 3.34. The number of halogens is 1. The zero-order valence-corrected chi connectivity index (χ0v) is 14.5. The first-order valence-corrected chi connectivity index (χ1v) is 9.25. The monoisotopic (exact) mass is 376 g/mol. The minimum Gasteiger partial charge on any atom is -0.383 e. The Kier molecular flexibility index (Phi) is 6.19. The molecule has 1 unspecified atom stereocenters. The molecule has 1 fully saturated rings. The second kappa shape index (κ2) is 7.69. The fourth-order valence-electron chi connectivity index (χ4n) is 2.42. The Hall–Kier alpha value is -0.470. The van der Waals surface area contributed by atoms with E-state index in [0.29, 0.717) is 24.6 Å². The van der Waals surface area contributed by atoms with Gasteiger partial charge < -0.3 is 10.1 Å². The first-order valence-electron chi connectivity index (χ1n) is 7.02. The Balaban J connectivity index is 2.18. The van der Waals surface area contributed by atoms with Crippen LogP contribution >= 0.6 is 15.9 Å². The predicted octanol–water partition coefficient (Wildman–Crippen LogP) is 1.84. The highest BCUT2D eigenvalue weighted by atomic mass is 79.9. The van der Waals surface area contributed by atoms with E-state index in [1.807, 2.05) is 0 Å². The van der Waals surface area contributed by atoms with Crippen molar-refractivity contribution < 1.29 is 13.2 Å². The van der Waals surface area contributed by atoms with Crippen molar-refractivity contribution in [2.75, 3.05) is 33.4 Å². The van der Waals surface area contributed by atoms with Gasteiger partial charge in [-0.05, 0) is 43.7 Å². The molecular formula is C14H21BrN2O3S. The van der Waals surface area contributed by atoms with Crippen molar-refractivity contribution in [1.82, 2.24) is 9.62 Å². The third kappa shape index (κ3) is 4.50. The first-order chi connectivity index (χ1) is 10.0. The number of hydrogen-bond acceptors (Lipinski definition) is 4. The number of nitrogens with zero attached hydrogens (tertiary/aromatic N) is 1. The molecule has 0 aliphatic carbocycles. The van der Waals surface area contributed by atoms with Gasteiger partial charge in [-0.25, -0.2) is 8.42 Å². The van der Waals surface area contributed by atoms with Crippen LogP contribution in [0.25, 0.3) is 0 Å². The molecule has 1 heterocycles. The SMILES string of the molecule is COCCN(CC1CCCN1)S(=O)(=O)c1ccc(Br)cc1. The molecule has 1 aromatic carbocycles. The van der Waals surface area contributed by atoms with Crippen LogP contribution in [-0.4, -0.2) is 52.1 Å². The van der Waals surface area contributed by atoms with E-state index in [1.165, 1.54) is 4.31 Å². The Labute approximate surface area is 134 Å². The summed E-state index contributed by atoms with van der Waals surface area (Å²) in [5.41, 5.74) is 0. The first kappa shape index (κ1) is 16.9. The molecule has 0 saturated carbocycles. The molecular weight excluding hydrogens is 356 g/mol. The summed E-state index contributed by atoms with van der Waals surface area (Å²) < 4.78 is 33.0. The highest BCUT2D eigenvalue weighted by Crippen LogP contribution is 2.20. The van der Waals surface area contributed by atoms with Crippen molar-refractivity contribution in [1.29, 1.82) is 0 Å². The molecule has 0 bridgehead atoms. The molecule has 0 radical (unpaired) electrons. The van der Waals surface area contributed by atoms with Crippen LogP contribution in [0.1, 0.15) is 12.8 Å². The van der Waals surface area contributed by atoms with Crippen LogP contribution in [0.2, 0.25) is 0 Å². The molecule has 1 atom stereocenters. The number of nitrogens with one attached hydrogen (secondary N) is 1. The van der Waals surface area contributed by atoms with E-state index < -0.39 is 10.0 Å². The van der Waals surface area contributed by atoms with E-state index in [4.69, 9.17) is 4.74 Å². The lowest BCUT2D eigenvalue weighted by Gasteiger charge is -2.25. The standard InChI is InChI=1S/C14H21BrN2O3S/c1-20-10-9-17(11-13-3-2-8-16-13)21(18,19)14-6-4-12(15)5-7-14/h4-7,13,16H,2-3,8-11H2,1H3. The van der Waals surface area contributed by atoms with E-state index in [1.54, 1.807) is 31.4 Å². The van der Waals surface area contributed by atoms with E-state index in [2.05, 4.69) is 21.2 Å². The third-order valence-electron chi connectivity index (χ3n) is 3.58. The Bertz CT molecular complexity index is 542. The number of methoxy groups -OCH3 is 1. The van der Waals surface area contributed by atoms with Gasteiger partial charge in [0.2, 0.25) is 10.0 Å². The summed E-state index contributed by atoms with van der Waals surface area (Å²) in [5.74, 6) is 0. The van der Waals surface area contributed by atoms with Gasteiger partial charge in [-0.3, -0.25) is 0 Å². The molecule has 0 amide bonds. The molecule has 21 heavy (non-hydrogen) atoms. The van der Waals surface area contributed by atoms with Crippen LogP contribution in [-0.2, 0) is 14.8 Å². The van der Waals surface area contributed by atoms with E-state index in [9.17, 15) is 8.42 Å². The van der Waals surface area contributed by atoms with Gasteiger partial charge >= 0.3 is 0 Å². The minimum atomic E-state index is -3.49. The summed E-state index contributed by atoms with van der Waals surface area (Å²) in [4.78, 5) is 0.319. The number of hydrogen-bond donors (Lipinski definition) is 1. The largest absolute Gasteiger partial charge is 0.383 e. The minimum absolute atomic E-state index is 0.229. The van der Waals surface area contributed by atoms with E-state index in [0.717, 1.165) is 23.9 Å². The maximum atomic E-state index is 12.8. The van der Waals surface area contributed by atoms with Crippen molar-refractivity contribution in [3.8, 4) is 0 Å². The van der Waals surface area contributed by atoms with E-state index in [-0.39, 0.29) is 6.04 Å². The molecule has 1 saturated heterocycles. The van der Waals surface area contributed by atoms with Crippen LogP contribution in [0.4, 0.5) is 0 Å². The number of benzene rings is 1. The number of rotatable bonds is 7. The van der Waals surface area contributed by atoms with Gasteiger partial charge in [0.1, 0.15) is 0 Å². The lowest BCUT2D eigenvalue weighted by Crippen LogP contribution is -2.42. The fraction of sp³-hybridized carbons (Fsp3) is 0.571. The van der Waals surface area contributed by atoms with Gasteiger partial charge in [0.15, 0.2) is 0 Å². The average molecular weight is 377 g/mol. The smallest absolute Gasteiger partial charge is 0.243 e. The molecule has 0 aromatic heterocycles. The lowest BCUT2D eigenvalue weighted by atomic mass is 10.2. The number of sulfonamides is 1. The maximum absolute atomic E-state index is 12.8. The topological polar surface area (TPSA) is 58.6 Å². The highest BCUT2D eigenvalue weighted by molar-refractivity contribution is 9.10. The molecule has 0 spiro atoms. The zero-order valence-electron chi connectivity index (χ0n) is 12.1. The molecule has 7 heteroatoms. The van der Waals surface area contributed by atoms with Gasteiger partial charge in [0.05, 0.1) is 11.5 Å². The van der Waals surface area contributed by atoms with Gasteiger partial charge in [-0.1, -0.05) is 15.9 Å². The van der Waals surface area contributed by atoms with Crippen molar-refractivity contribution in [3.63, 3.8) is 0 Å². The molecule has 1 aliphatic rings. The Morgan fingerprint density at radius 3 is 2.67 bits per heavy atom. The zero-order chi connectivity index (χ0) is 15.3. The average Bonchev–Trinajstić information content (AvgIpc) is 2.96. The van der Waals surface area contributed by atoms with Gasteiger partial charge in [0, 0.05) is 30.7 Å². The van der Waals surface area contributed by atoms with Crippen LogP contribution in [0, 0.1) is 0 Å². The van der Waals surface area contributed by atoms with E-state index >= 15 is 0 Å². The molecule has 2 rings (SSSR count). The second-order valence-corrected chi connectivity index (χ2v) is 7.96. The highest BCUT2D eigenvalue weighted by Gasteiger charge is 2.28. The molecule has 1 aromatic rings. The predicted molar refractivity (Wildman–Crippen MR) is 85.8 cm³/mol. The summed E-state index contributed by atoms with van der Waals surface area (Å²) >= 11 is 3.32. The van der Waals surface area contributed by atoms with Crippen molar-refractivity contribution in [2.45, 2.75) is 23.8 Å². The Morgan fingerprint density at radius 2 is 2.10 bits per heavy atom. The van der Waals surface area contributed by atoms with Crippen LogP contribution in [0.5, 0.6) is 0 Å².